The largest absolute Gasteiger partial charge is 0.340 e. The summed E-state index contributed by atoms with van der Waals surface area (Å²) in [4.78, 5) is 41.1. The SMILES string of the molecule is CCC[C@]1(c2ccccc2)NC(=O)N(CC(=O)N(C)Cc2cccc(Cl)c2)C1=O. The molecule has 4 amide bonds. The van der Waals surface area contributed by atoms with Gasteiger partial charge in [-0.1, -0.05) is 67.4 Å². The third-order valence-corrected chi connectivity index (χ3v) is 5.33. The van der Waals surface area contributed by atoms with Crippen LogP contribution in [0.5, 0.6) is 0 Å². The maximum Gasteiger partial charge on any atom is 0.325 e. The minimum atomic E-state index is -1.13. The van der Waals surface area contributed by atoms with Gasteiger partial charge in [-0.3, -0.25) is 14.5 Å². The van der Waals surface area contributed by atoms with E-state index in [9.17, 15) is 14.4 Å². The summed E-state index contributed by atoms with van der Waals surface area (Å²) < 4.78 is 0. The van der Waals surface area contributed by atoms with Crippen LogP contribution >= 0.6 is 11.6 Å². The second kappa shape index (κ2) is 8.66. The zero-order valence-corrected chi connectivity index (χ0v) is 17.3. The monoisotopic (exact) mass is 413 g/mol. The molecule has 1 aliphatic rings. The molecule has 29 heavy (non-hydrogen) atoms. The van der Waals surface area contributed by atoms with E-state index >= 15 is 0 Å². The maximum absolute atomic E-state index is 13.2. The number of halogens is 1. The third kappa shape index (κ3) is 4.27. The summed E-state index contributed by atoms with van der Waals surface area (Å²) in [7, 11) is 1.64. The summed E-state index contributed by atoms with van der Waals surface area (Å²) in [6.07, 6.45) is 1.17. The van der Waals surface area contributed by atoms with Crippen molar-refractivity contribution in [2.24, 2.45) is 0 Å². The molecule has 1 saturated heterocycles. The molecule has 1 heterocycles. The van der Waals surface area contributed by atoms with Gasteiger partial charge >= 0.3 is 6.03 Å². The van der Waals surface area contributed by atoms with E-state index in [0.29, 0.717) is 24.4 Å². The molecule has 1 N–H and O–H groups in total. The molecule has 0 aromatic heterocycles. The van der Waals surface area contributed by atoms with Crippen molar-refractivity contribution in [1.29, 1.82) is 0 Å². The average molecular weight is 414 g/mol. The van der Waals surface area contributed by atoms with Crippen LogP contribution in [0.2, 0.25) is 5.02 Å². The average Bonchev–Trinajstić information content (AvgIpc) is 2.94. The Kier molecular flexibility index (Phi) is 6.23. The number of nitrogens with zero attached hydrogens (tertiary/aromatic N) is 2. The van der Waals surface area contributed by atoms with Gasteiger partial charge in [0.1, 0.15) is 12.1 Å². The number of rotatable bonds is 7. The summed E-state index contributed by atoms with van der Waals surface area (Å²) in [5.41, 5.74) is 0.469. The number of carbonyl (C=O) groups excluding carboxylic acids is 3. The second-order valence-corrected chi connectivity index (χ2v) is 7.66. The van der Waals surface area contributed by atoms with Crippen LogP contribution in [0.4, 0.5) is 4.79 Å². The molecule has 0 radical (unpaired) electrons. The minimum Gasteiger partial charge on any atom is -0.340 e. The van der Waals surface area contributed by atoms with Crippen molar-refractivity contribution in [3.8, 4) is 0 Å². The van der Waals surface area contributed by atoms with E-state index in [-0.39, 0.29) is 18.4 Å². The fourth-order valence-corrected chi connectivity index (χ4v) is 3.84. The van der Waals surface area contributed by atoms with Gasteiger partial charge in [0.2, 0.25) is 5.91 Å². The van der Waals surface area contributed by atoms with Crippen LogP contribution in [-0.2, 0) is 21.7 Å². The lowest BCUT2D eigenvalue weighted by atomic mass is 9.85. The van der Waals surface area contributed by atoms with Crippen molar-refractivity contribution in [3.05, 3.63) is 70.7 Å². The predicted octanol–water partition coefficient (Wildman–Crippen LogP) is 3.55. The maximum atomic E-state index is 13.2. The highest BCUT2D eigenvalue weighted by molar-refractivity contribution is 6.30. The molecule has 0 aliphatic carbocycles. The van der Waals surface area contributed by atoms with Crippen molar-refractivity contribution in [2.75, 3.05) is 13.6 Å². The minimum absolute atomic E-state index is 0.306. The highest BCUT2D eigenvalue weighted by Crippen LogP contribution is 2.33. The van der Waals surface area contributed by atoms with Crippen molar-refractivity contribution >= 4 is 29.4 Å². The van der Waals surface area contributed by atoms with Crippen LogP contribution in [0.3, 0.4) is 0 Å². The lowest BCUT2D eigenvalue weighted by Crippen LogP contribution is -2.45. The number of imide groups is 1. The smallest absolute Gasteiger partial charge is 0.325 e. The Bertz CT molecular complexity index is 919. The van der Waals surface area contributed by atoms with Gasteiger partial charge in [-0.2, -0.15) is 0 Å². The Balaban J connectivity index is 1.76. The Morgan fingerprint density at radius 1 is 1.14 bits per heavy atom. The highest BCUT2D eigenvalue weighted by atomic mass is 35.5. The van der Waals surface area contributed by atoms with E-state index in [2.05, 4.69) is 5.32 Å². The molecule has 0 saturated carbocycles. The summed E-state index contributed by atoms with van der Waals surface area (Å²) in [5.74, 6) is -0.714. The molecule has 6 nitrogen and oxygen atoms in total. The van der Waals surface area contributed by atoms with Gasteiger partial charge < -0.3 is 10.2 Å². The first-order valence-electron chi connectivity index (χ1n) is 9.55. The molecule has 1 fully saturated rings. The van der Waals surface area contributed by atoms with Crippen molar-refractivity contribution < 1.29 is 14.4 Å². The van der Waals surface area contributed by atoms with E-state index in [4.69, 9.17) is 11.6 Å². The van der Waals surface area contributed by atoms with Crippen LogP contribution in [-0.4, -0.2) is 41.2 Å². The van der Waals surface area contributed by atoms with Gasteiger partial charge in [0.05, 0.1) is 0 Å². The van der Waals surface area contributed by atoms with Crippen LogP contribution in [0.15, 0.2) is 54.6 Å². The van der Waals surface area contributed by atoms with E-state index in [0.717, 1.165) is 16.0 Å². The Morgan fingerprint density at radius 3 is 2.52 bits per heavy atom. The number of likely N-dealkylation sites (N-methyl/N-ethyl adjacent to an activating group) is 1. The second-order valence-electron chi connectivity index (χ2n) is 7.22. The molecule has 0 unspecified atom stereocenters. The molecule has 0 spiro atoms. The predicted molar refractivity (Wildman–Crippen MR) is 111 cm³/mol. The van der Waals surface area contributed by atoms with Crippen LogP contribution in [0.1, 0.15) is 30.9 Å². The molecule has 2 aromatic carbocycles. The number of nitrogens with one attached hydrogen (secondary N) is 1. The molecule has 2 aromatic rings. The number of amides is 4. The molecule has 3 rings (SSSR count). The van der Waals surface area contributed by atoms with Crippen molar-refractivity contribution in [1.82, 2.24) is 15.1 Å². The lowest BCUT2D eigenvalue weighted by Gasteiger charge is -2.27. The summed E-state index contributed by atoms with van der Waals surface area (Å²) in [6.45, 7) is 1.98. The van der Waals surface area contributed by atoms with E-state index in [1.165, 1.54) is 4.90 Å². The molecule has 152 valence electrons. The van der Waals surface area contributed by atoms with E-state index < -0.39 is 11.6 Å². The lowest BCUT2D eigenvalue weighted by molar-refractivity contribution is -0.139. The summed E-state index contributed by atoms with van der Waals surface area (Å²) in [6, 6.07) is 15.8. The van der Waals surface area contributed by atoms with Gasteiger partial charge in [0, 0.05) is 18.6 Å². The third-order valence-electron chi connectivity index (χ3n) is 5.10. The number of urea groups is 1. The van der Waals surface area contributed by atoms with Crippen LogP contribution in [0.25, 0.3) is 0 Å². The molecule has 1 aliphatic heterocycles. The Morgan fingerprint density at radius 2 is 1.86 bits per heavy atom. The van der Waals surface area contributed by atoms with E-state index in [1.807, 2.05) is 49.4 Å². The fourth-order valence-electron chi connectivity index (χ4n) is 3.63. The number of benzene rings is 2. The molecular formula is C22H24ClN3O3. The number of carbonyl (C=O) groups is 3. The topological polar surface area (TPSA) is 69.7 Å². The quantitative estimate of drug-likeness (QED) is 0.706. The summed E-state index contributed by atoms with van der Waals surface area (Å²) in [5, 5.41) is 3.42. The number of hydrogen-bond acceptors (Lipinski definition) is 3. The fraction of sp³-hybridized carbons (Fsp3) is 0.318. The van der Waals surface area contributed by atoms with Gasteiger partial charge in [0.15, 0.2) is 0 Å². The van der Waals surface area contributed by atoms with Gasteiger partial charge in [-0.25, -0.2) is 4.79 Å². The van der Waals surface area contributed by atoms with Crippen LogP contribution < -0.4 is 5.32 Å². The van der Waals surface area contributed by atoms with Gasteiger partial charge in [-0.05, 0) is 29.7 Å². The first-order chi connectivity index (χ1) is 13.9. The van der Waals surface area contributed by atoms with Crippen molar-refractivity contribution in [3.63, 3.8) is 0 Å². The molecule has 7 heteroatoms. The van der Waals surface area contributed by atoms with E-state index in [1.54, 1.807) is 19.2 Å². The number of hydrogen-bond donors (Lipinski definition) is 1. The summed E-state index contributed by atoms with van der Waals surface area (Å²) >= 11 is 5.99. The normalized spacial score (nSPS) is 18.7. The first kappa shape index (κ1) is 20.9. The molecular weight excluding hydrogens is 390 g/mol. The van der Waals surface area contributed by atoms with Gasteiger partial charge in [0.25, 0.3) is 5.91 Å². The highest BCUT2D eigenvalue weighted by Gasteiger charge is 2.52. The van der Waals surface area contributed by atoms with Crippen molar-refractivity contribution in [2.45, 2.75) is 31.8 Å². The Hall–Kier alpha value is -2.86. The Labute approximate surface area is 175 Å². The van der Waals surface area contributed by atoms with Crippen LogP contribution in [0, 0.1) is 0 Å². The zero-order valence-electron chi connectivity index (χ0n) is 16.5. The molecule has 0 bridgehead atoms. The standard InChI is InChI=1S/C22H24ClN3O3/c1-3-12-22(17-9-5-4-6-10-17)20(28)26(21(29)24-22)15-19(27)25(2)14-16-8-7-11-18(23)13-16/h4-11,13H,3,12,14-15H2,1-2H3,(H,24,29)/t22-/m1/s1. The van der Waals surface area contributed by atoms with Gasteiger partial charge in [-0.15, -0.1) is 0 Å². The molecule has 1 atom stereocenters. The first-order valence-corrected chi connectivity index (χ1v) is 9.93. The zero-order chi connectivity index (χ0) is 21.0.